The van der Waals surface area contributed by atoms with E-state index in [2.05, 4.69) is 0 Å². The molecule has 0 N–H and O–H groups in total. The van der Waals surface area contributed by atoms with Crippen LogP contribution in [0, 0.1) is 24.0 Å². The van der Waals surface area contributed by atoms with Crippen molar-refractivity contribution in [3.8, 4) is 0 Å². The number of nitro groups is 1. The summed E-state index contributed by atoms with van der Waals surface area (Å²) in [7, 11) is 0. The number of ether oxygens (including phenoxy) is 1. The average molecular weight is 295 g/mol. The molecule has 0 amide bonds. The molecule has 0 fully saturated rings. The van der Waals surface area contributed by atoms with Crippen molar-refractivity contribution in [3.63, 3.8) is 0 Å². The van der Waals surface area contributed by atoms with Crippen molar-refractivity contribution in [2.24, 2.45) is 0 Å². The van der Waals surface area contributed by atoms with Gasteiger partial charge in [0.2, 0.25) is 5.76 Å². The molecule has 22 heavy (non-hydrogen) atoms. The third kappa shape index (κ3) is 2.16. The van der Waals surface area contributed by atoms with E-state index in [-0.39, 0.29) is 11.5 Å². The van der Waals surface area contributed by atoms with Gasteiger partial charge in [-0.05, 0) is 31.5 Å². The summed E-state index contributed by atoms with van der Waals surface area (Å²) >= 11 is 0. The van der Waals surface area contributed by atoms with Crippen molar-refractivity contribution in [1.29, 1.82) is 0 Å². The number of benzene rings is 2. The van der Waals surface area contributed by atoms with Gasteiger partial charge in [-0.3, -0.25) is 10.1 Å². The van der Waals surface area contributed by atoms with Gasteiger partial charge in [0, 0.05) is 5.56 Å². The standard InChI is InChI=1S/C17H13NO4/c1-10-7-8-12(11(2)9-10)15(18(20)21)16-13-5-3-4-6-14(13)17(19)22-16/h3-9H,1-2H3/b16-15-. The molecule has 0 radical (unpaired) electrons. The quantitative estimate of drug-likeness (QED) is 0.482. The van der Waals surface area contributed by atoms with Crippen LogP contribution >= 0.6 is 0 Å². The van der Waals surface area contributed by atoms with Crippen LogP contribution in [0.15, 0.2) is 42.5 Å². The first-order chi connectivity index (χ1) is 10.5. The SMILES string of the molecule is Cc1ccc(/C(=C2/OC(=O)c3ccccc32)[N+](=O)[O-])c(C)c1. The van der Waals surface area contributed by atoms with Gasteiger partial charge in [-0.1, -0.05) is 35.9 Å². The monoisotopic (exact) mass is 295 g/mol. The first kappa shape index (κ1) is 14.0. The number of esters is 1. The molecule has 5 nitrogen and oxygen atoms in total. The summed E-state index contributed by atoms with van der Waals surface area (Å²) < 4.78 is 5.19. The summed E-state index contributed by atoms with van der Waals surface area (Å²) in [5.41, 5.74) is 2.85. The van der Waals surface area contributed by atoms with Gasteiger partial charge in [0.25, 0.3) is 0 Å². The number of carbonyl (C=O) groups is 1. The molecule has 2 aromatic carbocycles. The van der Waals surface area contributed by atoms with Crippen LogP contribution in [0.25, 0.3) is 11.5 Å². The number of fused-ring (bicyclic) bond motifs is 1. The molecule has 0 aromatic heterocycles. The maximum absolute atomic E-state index is 11.9. The second-order valence-corrected chi connectivity index (χ2v) is 5.19. The fourth-order valence-corrected chi connectivity index (χ4v) is 2.62. The molecular formula is C17H13NO4. The third-order valence-electron chi connectivity index (χ3n) is 3.62. The predicted molar refractivity (Wildman–Crippen MR) is 81.6 cm³/mol. The summed E-state index contributed by atoms with van der Waals surface area (Å²) in [6, 6.07) is 12.0. The van der Waals surface area contributed by atoms with Crippen LogP contribution < -0.4 is 0 Å². The minimum atomic E-state index is -0.560. The molecular weight excluding hydrogens is 282 g/mol. The molecule has 0 aliphatic carbocycles. The highest BCUT2D eigenvalue weighted by molar-refractivity contribution is 6.07. The molecule has 2 aromatic rings. The van der Waals surface area contributed by atoms with Crippen molar-refractivity contribution in [3.05, 3.63) is 80.4 Å². The Morgan fingerprint density at radius 1 is 1.09 bits per heavy atom. The molecule has 0 bridgehead atoms. The molecule has 3 rings (SSSR count). The summed E-state index contributed by atoms with van der Waals surface area (Å²) in [5, 5.41) is 11.6. The summed E-state index contributed by atoms with van der Waals surface area (Å²) in [6.07, 6.45) is 0. The molecule has 0 spiro atoms. The zero-order chi connectivity index (χ0) is 15.9. The Hall–Kier alpha value is -2.95. The summed E-state index contributed by atoms with van der Waals surface area (Å²) in [6.45, 7) is 3.72. The van der Waals surface area contributed by atoms with E-state index in [1.165, 1.54) is 0 Å². The van der Waals surface area contributed by atoms with E-state index in [0.29, 0.717) is 16.7 Å². The highest BCUT2D eigenvalue weighted by Crippen LogP contribution is 2.36. The van der Waals surface area contributed by atoms with Gasteiger partial charge in [0.05, 0.1) is 16.1 Å². The van der Waals surface area contributed by atoms with E-state index < -0.39 is 10.9 Å². The molecule has 5 heteroatoms. The normalized spacial score (nSPS) is 15.3. The topological polar surface area (TPSA) is 69.4 Å². The largest absolute Gasteiger partial charge is 0.415 e. The number of nitrogens with zero attached hydrogens (tertiary/aromatic N) is 1. The van der Waals surface area contributed by atoms with Gasteiger partial charge in [0.15, 0.2) is 0 Å². The lowest BCUT2D eigenvalue weighted by molar-refractivity contribution is -0.375. The van der Waals surface area contributed by atoms with Crippen LogP contribution in [0.2, 0.25) is 0 Å². The predicted octanol–water partition coefficient (Wildman–Crippen LogP) is 3.58. The lowest BCUT2D eigenvalue weighted by Crippen LogP contribution is -2.04. The zero-order valence-corrected chi connectivity index (χ0v) is 12.1. The highest BCUT2D eigenvalue weighted by atomic mass is 16.6. The molecule has 0 saturated carbocycles. The van der Waals surface area contributed by atoms with Gasteiger partial charge in [0.1, 0.15) is 0 Å². The van der Waals surface area contributed by atoms with E-state index in [1.54, 1.807) is 43.3 Å². The lowest BCUT2D eigenvalue weighted by Gasteiger charge is -2.07. The number of hydrogen-bond donors (Lipinski definition) is 0. The Bertz CT molecular complexity index is 836. The second kappa shape index (κ2) is 5.11. The fourth-order valence-electron chi connectivity index (χ4n) is 2.62. The summed E-state index contributed by atoms with van der Waals surface area (Å²) in [5.74, 6) is -0.549. The van der Waals surface area contributed by atoms with Crippen molar-refractivity contribution in [2.75, 3.05) is 0 Å². The highest BCUT2D eigenvalue weighted by Gasteiger charge is 2.35. The van der Waals surface area contributed by atoms with Gasteiger partial charge in [-0.25, -0.2) is 4.79 Å². The van der Waals surface area contributed by atoms with Gasteiger partial charge < -0.3 is 4.74 Å². The maximum Gasteiger partial charge on any atom is 0.344 e. The molecule has 1 aliphatic heterocycles. The van der Waals surface area contributed by atoms with Gasteiger partial charge in [-0.2, -0.15) is 0 Å². The van der Waals surface area contributed by atoms with Crippen LogP contribution in [0.3, 0.4) is 0 Å². The number of carbonyl (C=O) groups excluding carboxylic acids is 1. The fraction of sp³-hybridized carbons (Fsp3) is 0.118. The van der Waals surface area contributed by atoms with Crippen LogP contribution in [0.5, 0.6) is 0 Å². The van der Waals surface area contributed by atoms with Crippen LogP contribution in [-0.2, 0) is 4.74 Å². The van der Waals surface area contributed by atoms with E-state index in [1.807, 2.05) is 13.0 Å². The Balaban J connectivity index is 2.29. The van der Waals surface area contributed by atoms with Crippen LogP contribution in [0.1, 0.15) is 32.6 Å². The van der Waals surface area contributed by atoms with E-state index >= 15 is 0 Å². The average Bonchev–Trinajstić information content (AvgIpc) is 2.79. The van der Waals surface area contributed by atoms with E-state index in [9.17, 15) is 14.9 Å². The Morgan fingerprint density at radius 2 is 1.77 bits per heavy atom. The van der Waals surface area contributed by atoms with Crippen molar-refractivity contribution in [2.45, 2.75) is 13.8 Å². The van der Waals surface area contributed by atoms with E-state index in [0.717, 1.165) is 11.1 Å². The number of aryl methyl sites for hydroxylation is 2. The van der Waals surface area contributed by atoms with Gasteiger partial charge in [-0.15, -0.1) is 0 Å². The maximum atomic E-state index is 11.9. The Kier molecular flexibility index (Phi) is 3.25. The smallest absolute Gasteiger partial charge is 0.344 e. The minimum Gasteiger partial charge on any atom is -0.415 e. The number of hydrogen-bond acceptors (Lipinski definition) is 4. The van der Waals surface area contributed by atoms with Gasteiger partial charge >= 0.3 is 11.7 Å². The molecule has 0 unspecified atom stereocenters. The summed E-state index contributed by atoms with van der Waals surface area (Å²) in [4.78, 5) is 23.0. The molecule has 0 atom stereocenters. The Labute approximate surface area is 127 Å². The van der Waals surface area contributed by atoms with E-state index in [4.69, 9.17) is 4.74 Å². The molecule has 110 valence electrons. The number of rotatable bonds is 2. The molecule has 1 heterocycles. The molecule has 0 saturated heterocycles. The van der Waals surface area contributed by atoms with Crippen LogP contribution in [-0.4, -0.2) is 10.9 Å². The zero-order valence-electron chi connectivity index (χ0n) is 12.1. The Morgan fingerprint density at radius 3 is 2.41 bits per heavy atom. The third-order valence-corrected chi connectivity index (χ3v) is 3.62. The number of cyclic esters (lactones) is 1. The second-order valence-electron chi connectivity index (χ2n) is 5.19. The molecule has 1 aliphatic rings. The van der Waals surface area contributed by atoms with Crippen molar-refractivity contribution < 1.29 is 14.5 Å². The van der Waals surface area contributed by atoms with Crippen LogP contribution in [0.4, 0.5) is 0 Å². The lowest BCUT2D eigenvalue weighted by atomic mass is 10.00. The van der Waals surface area contributed by atoms with Crippen molar-refractivity contribution in [1.82, 2.24) is 0 Å². The minimum absolute atomic E-state index is 0.0116. The first-order valence-electron chi connectivity index (χ1n) is 6.77. The first-order valence-corrected chi connectivity index (χ1v) is 6.77. The van der Waals surface area contributed by atoms with Crippen molar-refractivity contribution >= 4 is 17.4 Å².